The van der Waals surface area contributed by atoms with E-state index in [-0.39, 0.29) is 5.41 Å². The molecular formula is C8H7N3+. The first-order valence-corrected chi connectivity index (χ1v) is 3.56. The number of nitrogens with zero attached hydrogens (tertiary/aromatic N) is 3. The fraction of sp³-hybridized carbons (Fsp3) is 0.375. The number of allylic oxidation sites excluding steroid dienone is 1. The van der Waals surface area contributed by atoms with Gasteiger partial charge in [-0.05, 0) is 22.8 Å². The Labute approximate surface area is 64.8 Å². The molecule has 0 saturated heterocycles. The second-order valence-corrected chi connectivity index (χ2v) is 2.77. The van der Waals surface area contributed by atoms with Gasteiger partial charge in [0.2, 0.25) is 0 Å². The summed E-state index contributed by atoms with van der Waals surface area (Å²) in [5.74, 6) is 0.683. The lowest BCUT2D eigenvalue weighted by molar-refractivity contribution is 0.906. The number of hydrogen-bond donors (Lipinski definition) is 0. The van der Waals surface area contributed by atoms with E-state index in [4.69, 9.17) is 5.26 Å². The van der Waals surface area contributed by atoms with Gasteiger partial charge in [0.1, 0.15) is 12.4 Å². The van der Waals surface area contributed by atoms with Gasteiger partial charge in [0.15, 0.2) is 5.41 Å². The van der Waals surface area contributed by atoms with E-state index in [0.29, 0.717) is 5.84 Å². The summed E-state index contributed by atoms with van der Waals surface area (Å²) >= 11 is 0. The van der Waals surface area contributed by atoms with Gasteiger partial charge < -0.3 is 0 Å². The minimum absolute atomic E-state index is 0.332. The Kier molecular flexibility index (Phi) is 1.16. The SMILES string of the molecule is N#CC1(C2=NC=CC=[N+]2)CC1. The highest BCUT2D eigenvalue weighted by atomic mass is 15.0. The normalized spacial score (nSPS) is 24.1. The Hall–Kier alpha value is -1.43. The molecule has 1 fully saturated rings. The molecule has 0 aromatic carbocycles. The number of nitriles is 1. The fourth-order valence-electron chi connectivity index (χ4n) is 1.06. The van der Waals surface area contributed by atoms with Crippen LogP contribution in [-0.4, -0.2) is 12.1 Å². The van der Waals surface area contributed by atoms with Crippen molar-refractivity contribution >= 4 is 12.1 Å². The van der Waals surface area contributed by atoms with Crippen molar-refractivity contribution in [3.8, 4) is 6.07 Å². The van der Waals surface area contributed by atoms with Crippen LogP contribution < -0.4 is 4.99 Å². The van der Waals surface area contributed by atoms with E-state index in [1.54, 1.807) is 18.5 Å². The topological polar surface area (TPSA) is 50.2 Å². The minimum atomic E-state index is -0.332. The Morgan fingerprint density at radius 3 is 2.91 bits per heavy atom. The van der Waals surface area contributed by atoms with Crippen LogP contribution >= 0.6 is 0 Å². The molecule has 3 nitrogen and oxygen atoms in total. The number of amidine groups is 1. The quantitative estimate of drug-likeness (QED) is 0.533. The van der Waals surface area contributed by atoms with Crippen molar-refractivity contribution in [2.45, 2.75) is 12.8 Å². The van der Waals surface area contributed by atoms with Crippen molar-refractivity contribution in [1.29, 1.82) is 5.26 Å². The molecule has 1 aliphatic heterocycles. The van der Waals surface area contributed by atoms with Gasteiger partial charge in [-0.25, -0.2) is 0 Å². The number of aliphatic imine (C=N–C) groups is 2. The molecule has 0 amide bonds. The van der Waals surface area contributed by atoms with Crippen LogP contribution in [0.5, 0.6) is 0 Å². The maximum Gasteiger partial charge on any atom is 0.359 e. The minimum Gasteiger partial charge on any atom is -0.197 e. The highest BCUT2D eigenvalue weighted by Crippen LogP contribution is 2.45. The molecule has 0 aromatic heterocycles. The van der Waals surface area contributed by atoms with Crippen LogP contribution in [0.3, 0.4) is 0 Å². The zero-order valence-electron chi connectivity index (χ0n) is 5.99. The molecule has 2 aliphatic rings. The van der Waals surface area contributed by atoms with Crippen LogP contribution in [0.1, 0.15) is 12.8 Å². The van der Waals surface area contributed by atoms with Crippen molar-refractivity contribution in [1.82, 2.24) is 4.99 Å². The third-order valence-electron chi connectivity index (χ3n) is 1.96. The third kappa shape index (κ3) is 0.874. The number of hydrogen-bond acceptors (Lipinski definition) is 3. The lowest BCUT2D eigenvalue weighted by Crippen LogP contribution is -2.20. The fourth-order valence-corrected chi connectivity index (χ4v) is 1.06. The second-order valence-electron chi connectivity index (χ2n) is 2.77. The molecule has 1 saturated carbocycles. The molecule has 0 aromatic rings. The number of rotatable bonds is 1. The highest BCUT2D eigenvalue weighted by molar-refractivity contribution is 5.99. The highest BCUT2D eigenvalue weighted by Gasteiger charge is 2.54. The van der Waals surface area contributed by atoms with E-state index in [0.717, 1.165) is 12.8 Å². The molecule has 0 N–H and O–H groups in total. The van der Waals surface area contributed by atoms with Crippen LogP contribution in [0.15, 0.2) is 17.3 Å². The summed E-state index contributed by atoms with van der Waals surface area (Å²) < 4.78 is 0. The van der Waals surface area contributed by atoms with Crippen molar-refractivity contribution < 1.29 is 0 Å². The molecule has 1 radical (unpaired) electrons. The molecular weight excluding hydrogens is 138 g/mol. The van der Waals surface area contributed by atoms with E-state index in [9.17, 15) is 0 Å². The summed E-state index contributed by atoms with van der Waals surface area (Å²) in [4.78, 5) is 8.10. The Morgan fingerprint density at radius 1 is 1.64 bits per heavy atom. The first kappa shape index (κ1) is 6.29. The molecule has 0 bridgehead atoms. The summed E-state index contributed by atoms with van der Waals surface area (Å²) in [6, 6.07) is 2.24. The average molecular weight is 145 g/mol. The Bertz CT molecular complexity index is 300. The van der Waals surface area contributed by atoms with Crippen molar-refractivity contribution in [3.63, 3.8) is 0 Å². The molecule has 1 aliphatic carbocycles. The van der Waals surface area contributed by atoms with Crippen LogP contribution in [0.4, 0.5) is 0 Å². The van der Waals surface area contributed by atoms with Gasteiger partial charge in [-0.15, -0.1) is 0 Å². The summed E-state index contributed by atoms with van der Waals surface area (Å²) in [7, 11) is 0. The summed E-state index contributed by atoms with van der Waals surface area (Å²) in [5, 5.41) is 8.78. The van der Waals surface area contributed by atoms with Crippen molar-refractivity contribution in [3.05, 3.63) is 12.3 Å². The van der Waals surface area contributed by atoms with E-state index in [2.05, 4.69) is 16.1 Å². The van der Waals surface area contributed by atoms with Gasteiger partial charge in [-0.2, -0.15) is 5.26 Å². The van der Waals surface area contributed by atoms with Crippen molar-refractivity contribution in [2.75, 3.05) is 0 Å². The molecule has 1 heterocycles. The van der Waals surface area contributed by atoms with Gasteiger partial charge in [-0.1, -0.05) is 0 Å². The average Bonchev–Trinajstić information content (AvgIpc) is 2.86. The molecule has 0 atom stereocenters. The van der Waals surface area contributed by atoms with Gasteiger partial charge in [0, 0.05) is 6.08 Å². The van der Waals surface area contributed by atoms with E-state index < -0.39 is 0 Å². The molecule has 0 spiro atoms. The smallest absolute Gasteiger partial charge is 0.197 e. The summed E-state index contributed by atoms with van der Waals surface area (Å²) in [6.45, 7) is 0. The van der Waals surface area contributed by atoms with E-state index in [1.165, 1.54) is 0 Å². The van der Waals surface area contributed by atoms with Gasteiger partial charge in [-0.3, -0.25) is 0 Å². The van der Waals surface area contributed by atoms with Gasteiger partial charge >= 0.3 is 5.84 Å². The first-order chi connectivity index (χ1) is 5.37. The summed E-state index contributed by atoms with van der Waals surface area (Å²) in [6.07, 6.45) is 6.94. The lowest BCUT2D eigenvalue weighted by Gasteiger charge is -1.92. The maximum atomic E-state index is 8.78. The third-order valence-corrected chi connectivity index (χ3v) is 1.96. The second kappa shape index (κ2) is 2.03. The predicted octanol–water partition coefficient (Wildman–Crippen LogP) is 0.623. The first-order valence-electron chi connectivity index (χ1n) is 3.56. The largest absolute Gasteiger partial charge is 0.359 e. The molecule has 0 unspecified atom stereocenters. The van der Waals surface area contributed by atoms with Gasteiger partial charge in [0.25, 0.3) is 0 Å². The van der Waals surface area contributed by atoms with Crippen LogP contribution in [0.25, 0.3) is 0 Å². The lowest BCUT2D eigenvalue weighted by atomic mass is 10.1. The molecule has 53 valence electrons. The van der Waals surface area contributed by atoms with Crippen molar-refractivity contribution in [2.24, 2.45) is 10.4 Å². The standard InChI is InChI=1S/C8H7N3/c9-6-8(2-3-8)7-10-4-1-5-11-7/h1,4-5H,2-3H2/q+1. The molecule has 11 heavy (non-hydrogen) atoms. The zero-order chi connectivity index (χ0) is 7.73. The predicted molar refractivity (Wildman–Crippen MR) is 42.1 cm³/mol. The Balaban J connectivity index is 2.31. The zero-order valence-corrected chi connectivity index (χ0v) is 5.99. The maximum absolute atomic E-state index is 8.78. The van der Waals surface area contributed by atoms with Crippen LogP contribution in [-0.2, 0) is 0 Å². The van der Waals surface area contributed by atoms with Crippen LogP contribution in [0, 0.1) is 16.7 Å². The monoisotopic (exact) mass is 145 g/mol. The molecule has 3 heteroatoms. The van der Waals surface area contributed by atoms with Crippen LogP contribution in [0.2, 0.25) is 0 Å². The Morgan fingerprint density at radius 2 is 2.45 bits per heavy atom. The molecule has 2 rings (SSSR count). The summed E-state index contributed by atoms with van der Waals surface area (Å²) in [5.41, 5.74) is -0.332. The van der Waals surface area contributed by atoms with Gasteiger partial charge in [0.05, 0.1) is 6.07 Å². The van der Waals surface area contributed by atoms with E-state index >= 15 is 0 Å². The van der Waals surface area contributed by atoms with E-state index in [1.807, 2.05) is 0 Å².